The lowest BCUT2D eigenvalue weighted by Gasteiger charge is -2.27. The van der Waals surface area contributed by atoms with Gasteiger partial charge in [-0.3, -0.25) is 0 Å². The first kappa shape index (κ1) is 14.1. The lowest BCUT2D eigenvalue weighted by Crippen LogP contribution is -2.11. The standard InChI is InChI=1S/C19H16IN/c1-15-8-5-6-13-19(15)21(17-10-3-2-4-11-17)18-12-7-9-16(20)14-18/h2-14H,1H3. The zero-order valence-corrected chi connectivity index (χ0v) is 14.0. The van der Waals surface area contributed by atoms with Gasteiger partial charge in [-0.05, 0) is 71.5 Å². The molecule has 104 valence electrons. The van der Waals surface area contributed by atoms with Crippen LogP contribution in [0.4, 0.5) is 17.1 Å². The average Bonchev–Trinajstić information content (AvgIpc) is 2.51. The number of hydrogen-bond donors (Lipinski definition) is 0. The molecule has 0 saturated carbocycles. The maximum absolute atomic E-state index is 2.36. The third-order valence-corrected chi connectivity index (χ3v) is 4.11. The first-order chi connectivity index (χ1) is 10.3. The summed E-state index contributed by atoms with van der Waals surface area (Å²) in [4.78, 5) is 2.30. The molecular weight excluding hydrogens is 369 g/mol. The first-order valence-electron chi connectivity index (χ1n) is 6.92. The van der Waals surface area contributed by atoms with Crippen molar-refractivity contribution in [2.45, 2.75) is 6.92 Å². The van der Waals surface area contributed by atoms with Crippen molar-refractivity contribution in [3.05, 3.63) is 88.0 Å². The highest BCUT2D eigenvalue weighted by Gasteiger charge is 2.13. The molecule has 0 aliphatic rings. The lowest BCUT2D eigenvalue weighted by atomic mass is 10.1. The fourth-order valence-electron chi connectivity index (χ4n) is 2.43. The molecule has 0 amide bonds. The molecule has 0 heterocycles. The molecule has 21 heavy (non-hydrogen) atoms. The Hall–Kier alpha value is -1.81. The molecule has 3 aromatic rings. The van der Waals surface area contributed by atoms with Gasteiger partial charge in [0.1, 0.15) is 0 Å². The van der Waals surface area contributed by atoms with Crippen LogP contribution in [0, 0.1) is 10.5 Å². The third kappa shape index (κ3) is 3.10. The Bertz CT molecular complexity index is 737. The van der Waals surface area contributed by atoms with E-state index < -0.39 is 0 Å². The van der Waals surface area contributed by atoms with Crippen molar-refractivity contribution in [1.82, 2.24) is 0 Å². The van der Waals surface area contributed by atoms with Crippen LogP contribution in [0.15, 0.2) is 78.9 Å². The maximum atomic E-state index is 2.36. The van der Waals surface area contributed by atoms with Gasteiger partial charge in [0.15, 0.2) is 0 Å². The number of anilines is 3. The normalized spacial score (nSPS) is 10.4. The van der Waals surface area contributed by atoms with Crippen molar-refractivity contribution in [1.29, 1.82) is 0 Å². The molecule has 0 fully saturated rings. The summed E-state index contributed by atoms with van der Waals surface area (Å²) in [6, 6.07) is 27.6. The van der Waals surface area contributed by atoms with Gasteiger partial charge < -0.3 is 4.90 Å². The zero-order valence-electron chi connectivity index (χ0n) is 11.8. The molecule has 0 bridgehead atoms. The van der Waals surface area contributed by atoms with Crippen molar-refractivity contribution >= 4 is 39.7 Å². The number of hydrogen-bond acceptors (Lipinski definition) is 1. The molecule has 3 rings (SSSR count). The van der Waals surface area contributed by atoms with Crippen LogP contribution in [0.25, 0.3) is 0 Å². The van der Waals surface area contributed by atoms with E-state index in [0.717, 1.165) is 0 Å². The van der Waals surface area contributed by atoms with Gasteiger partial charge in [0.25, 0.3) is 0 Å². The van der Waals surface area contributed by atoms with Gasteiger partial charge in [-0.15, -0.1) is 0 Å². The van der Waals surface area contributed by atoms with Crippen molar-refractivity contribution in [2.24, 2.45) is 0 Å². The highest BCUT2D eigenvalue weighted by molar-refractivity contribution is 14.1. The predicted molar refractivity (Wildman–Crippen MR) is 98.6 cm³/mol. The van der Waals surface area contributed by atoms with Crippen molar-refractivity contribution in [3.63, 3.8) is 0 Å². The van der Waals surface area contributed by atoms with E-state index in [1.54, 1.807) is 0 Å². The van der Waals surface area contributed by atoms with E-state index in [0.29, 0.717) is 0 Å². The topological polar surface area (TPSA) is 3.24 Å². The Labute approximate surface area is 139 Å². The Morgan fingerprint density at radius 1 is 0.714 bits per heavy atom. The second-order valence-corrected chi connectivity index (χ2v) is 6.18. The number of para-hydroxylation sites is 2. The minimum atomic E-state index is 1.17. The second-order valence-electron chi connectivity index (χ2n) is 4.94. The summed E-state index contributed by atoms with van der Waals surface area (Å²) in [5.74, 6) is 0. The number of benzene rings is 3. The van der Waals surface area contributed by atoms with Gasteiger partial charge in [-0.1, -0.05) is 42.5 Å². The predicted octanol–water partition coefficient (Wildman–Crippen LogP) is 6.07. The molecule has 1 nitrogen and oxygen atoms in total. The zero-order chi connectivity index (χ0) is 14.7. The average molecular weight is 385 g/mol. The highest BCUT2D eigenvalue weighted by atomic mass is 127. The monoisotopic (exact) mass is 385 g/mol. The van der Waals surface area contributed by atoms with E-state index in [-0.39, 0.29) is 0 Å². The second kappa shape index (κ2) is 6.31. The minimum absolute atomic E-state index is 1.17. The van der Waals surface area contributed by atoms with Gasteiger partial charge in [-0.2, -0.15) is 0 Å². The molecule has 0 N–H and O–H groups in total. The molecular formula is C19H16IN. The minimum Gasteiger partial charge on any atom is -0.310 e. The molecule has 0 atom stereocenters. The first-order valence-corrected chi connectivity index (χ1v) is 8.00. The number of aryl methyl sites for hydroxylation is 1. The maximum Gasteiger partial charge on any atom is 0.0490 e. The smallest absolute Gasteiger partial charge is 0.0490 e. The van der Waals surface area contributed by atoms with Gasteiger partial charge in [0, 0.05) is 20.6 Å². The fraction of sp³-hybridized carbons (Fsp3) is 0.0526. The molecule has 3 aromatic carbocycles. The van der Waals surface area contributed by atoms with Crippen molar-refractivity contribution in [3.8, 4) is 0 Å². The Morgan fingerprint density at radius 2 is 1.38 bits per heavy atom. The molecule has 0 aromatic heterocycles. The highest BCUT2D eigenvalue weighted by Crippen LogP contribution is 2.36. The summed E-state index contributed by atoms with van der Waals surface area (Å²) < 4.78 is 1.24. The van der Waals surface area contributed by atoms with Crippen LogP contribution in [0.2, 0.25) is 0 Å². The van der Waals surface area contributed by atoms with Crippen LogP contribution < -0.4 is 4.90 Å². The summed E-state index contributed by atoms with van der Waals surface area (Å²) in [7, 11) is 0. The summed E-state index contributed by atoms with van der Waals surface area (Å²) in [6.07, 6.45) is 0. The Morgan fingerprint density at radius 3 is 2.10 bits per heavy atom. The van der Waals surface area contributed by atoms with Gasteiger partial charge >= 0.3 is 0 Å². The van der Waals surface area contributed by atoms with E-state index >= 15 is 0 Å². The van der Waals surface area contributed by atoms with E-state index in [4.69, 9.17) is 0 Å². The van der Waals surface area contributed by atoms with Gasteiger partial charge in [0.05, 0.1) is 0 Å². The lowest BCUT2D eigenvalue weighted by molar-refractivity contribution is 1.25. The van der Waals surface area contributed by atoms with E-state index in [1.165, 1.54) is 26.2 Å². The summed E-state index contributed by atoms with van der Waals surface area (Å²) >= 11 is 2.36. The van der Waals surface area contributed by atoms with Crippen molar-refractivity contribution < 1.29 is 0 Å². The fourth-order valence-corrected chi connectivity index (χ4v) is 2.96. The van der Waals surface area contributed by atoms with Crippen molar-refractivity contribution in [2.75, 3.05) is 4.90 Å². The third-order valence-electron chi connectivity index (χ3n) is 3.44. The summed E-state index contributed by atoms with van der Waals surface area (Å²) in [5.41, 5.74) is 4.84. The van der Waals surface area contributed by atoms with Crippen LogP contribution >= 0.6 is 22.6 Å². The van der Waals surface area contributed by atoms with E-state index in [1.807, 2.05) is 6.07 Å². The van der Waals surface area contributed by atoms with Crippen LogP contribution in [0.3, 0.4) is 0 Å². The molecule has 2 heteroatoms. The van der Waals surface area contributed by atoms with Crippen LogP contribution in [0.1, 0.15) is 5.56 Å². The van der Waals surface area contributed by atoms with Crippen LogP contribution in [-0.2, 0) is 0 Å². The summed E-state index contributed by atoms with van der Waals surface area (Å²) in [5, 5.41) is 0. The Balaban J connectivity index is 2.19. The van der Waals surface area contributed by atoms with E-state index in [9.17, 15) is 0 Å². The molecule has 0 unspecified atom stereocenters. The summed E-state index contributed by atoms with van der Waals surface area (Å²) in [6.45, 7) is 2.15. The number of halogens is 1. The van der Waals surface area contributed by atoms with Crippen LogP contribution in [0.5, 0.6) is 0 Å². The Kier molecular flexibility index (Phi) is 4.25. The van der Waals surface area contributed by atoms with E-state index in [2.05, 4.69) is 107 Å². The largest absolute Gasteiger partial charge is 0.310 e. The van der Waals surface area contributed by atoms with Gasteiger partial charge in [-0.25, -0.2) is 0 Å². The molecule has 0 spiro atoms. The SMILES string of the molecule is Cc1ccccc1N(c1ccccc1)c1cccc(I)c1. The molecule has 0 aliphatic carbocycles. The molecule has 0 aliphatic heterocycles. The van der Waals surface area contributed by atoms with Crippen LogP contribution in [-0.4, -0.2) is 0 Å². The number of rotatable bonds is 3. The molecule has 0 radical (unpaired) electrons. The molecule has 0 saturated heterocycles. The quantitative estimate of drug-likeness (QED) is 0.495. The number of nitrogens with zero attached hydrogens (tertiary/aromatic N) is 1. The van der Waals surface area contributed by atoms with Gasteiger partial charge in [0.2, 0.25) is 0 Å².